The Morgan fingerprint density at radius 2 is 1.49 bits per heavy atom. The summed E-state index contributed by atoms with van der Waals surface area (Å²) >= 11 is 3.25. The number of nitrogens with zero attached hydrogens (tertiary/aromatic N) is 4. The highest BCUT2D eigenvalue weighted by Crippen LogP contribution is 2.27. The lowest BCUT2D eigenvalue weighted by Gasteiger charge is -2.10. The Hall–Kier alpha value is -3.70. The number of ether oxygens (including phenoxy) is 2. The van der Waals surface area contributed by atoms with E-state index in [4.69, 9.17) is 20.5 Å². The van der Waals surface area contributed by atoms with E-state index in [2.05, 4.69) is 48.7 Å². The van der Waals surface area contributed by atoms with Gasteiger partial charge in [0.1, 0.15) is 23.8 Å². The van der Waals surface area contributed by atoms with Gasteiger partial charge in [-0.1, -0.05) is 6.07 Å². The maximum Gasteiger partial charge on any atom is 0.144 e. The number of benzene rings is 1. The molecule has 4 N–H and O–H groups in total. The van der Waals surface area contributed by atoms with Crippen molar-refractivity contribution in [3.8, 4) is 23.3 Å². The van der Waals surface area contributed by atoms with Gasteiger partial charge in [-0.15, -0.1) is 0 Å². The summed E-state index contributed by atoms with van der Waals surface area (Å²) in [5.74, 6) is 1.16. The summed E-state index contributed by atoms with van der Waals surface area (Å²) in [6.45, 7) is 4.39. The van der Waals surface area contributed by atoms with Crippen molar-refractivity contribution in [1.29, 1.82) is 10.5 Å². The zero-order valence-electron chi connectivity index (χ0n) is 19.9. The minimum absolute atomic E-state index is 0.505. The minimum atomic E-state index is 0.505. The molecule has 3 aromatic rings. The van der Waals surface area contributed by atoms with Gasteiger partial charge in [-0.25, -0.2) is 9.97 Å². The van der Waals surface area contributed by atoms with Gasteiger partial charge in [-0.2, -0.15) is 10.5 Å². The van der Waals surface area contributed by atoms with Gasteiger partial charge in [0.25, 0.3) is 0 Å². The average molecular weight is 538 g/mol. The predicted molar refractivity (Wildman–Crippen MR) is 141 cm³/mol. The van der Waals surface area contributed by atoms with Gasteiger partial charge in [0.2, 0.25) is 0 Å². The lowest BCUT2D eigenvalue weighted by atomic mass is 10.00. The van der Waals surface area contributed by atoms with Crippen molar-refractivity contribution >= 4 is 33.3 Å². The first kappa shape index (κ1) is 27.5. The van der Waals surface area contributed by atoms with E-state index in [0.717, 1.165) is 21.2 Å². The highest BCUT2D eigenvalue weighted by atomic mass is 79.9. The molecule has 0 amide bonds. The van der Waals surface area contributed by atoms with Crippen LogP contribution in [0.1, 0.15) is 16.7 Å². The first-order valence-corrected chi connectivity index (χ1v) is 11.5. The number of halogens is 1. The van der Waals surface area contributed by atoms with Crippen LogP contribution in [0.3, 0.4) is 0 Å². The molecule has 2 aromatic heterocycles. The highest BCUT2D eigenvalue weighted by Gasteiger charge is 2.09. The molecule has 1 aromatic carbocycles. The standard InChI is InChI=1S/C16H18N4O.C9H10BrN3O/c1-11-3-4-14(18)8-15(11)13-7-12(9-17)16(20-10-13)19-5-6-21-2;1-14-3-2-12-9-7(5-11)4-8(10)6-13-9/h3-4,7-8,10H,5-6,18H2,1-2H3,(H,19,20);4,6H,2-3H2,1H3,(H,12,13). The molecule has 182 valence electrons. The fourth-order valence-corrected chi connectivity index (χ4v) is 3.33. The fourth-order valence-electron chi connectivity index (χ4n) is 3.00. The molecule has 0 saturated carbocycles. The van der Waals surface area contributed by atoms with Gasteiger partial charge in [0.15, 0.2) is 0 Å². The number of rotatable bonds is 9. The van der Waals surface area contributed by atoms with E-state index < -0.39 is 0 Å². The van der Waals surface area contributed by atoms with E-state index in [-0.39, 0.29) is 0 Å². The molecule has 35 heavy (non-hydrogen) atoms. The number of methoxy groups -OCH3 is 2. The molecule has 2 heterocycles. The monoisotopic (exact) mass is 537 g/mol. The average Bonchev–Trinajstić information content (AvgIpc) is 2.87. The van der Waals surface area contributed by atoms with Gasteiger partial charge in [0, 0.05) is 55.4 Å². The second-order valence-electron chi connectivity index (χ2n) is 7.31. The smallest absolute Gasteiger partial charge is 0.144 e. The zero-order chi connectivity index (χ0) is 25.6. The van der Waals surface area contributed by atoms with Crippen LogP contribution in [0.4, 0.5) is 17.3 Å². The first-order valence-electron chi connectivity index (χ1n) is 10.7. The van der Waals surface area contributed by atoms with Gasteiger partial charge >= 0.3 is 0 Å². The van der Waals surface area contributed by atoms with Crippen molar-refractivity contribution in [3.05, 3.63) is 63.9 Å². The first-order chi connectivity index (χ1) is 16.9. The Labute approximate surface area is 214 Å². The third-order valence-electron chi connectivity index (χ3n) is 4.75. The van der Waals surface area contributed by atoms with E-state index in [1.165, 1.54) is 0 Å². The number of aromatic nitrogens is 2. The van der Waals surface area contributed by atoms with Gasteiger partial charge in [-0.3, -0.25) is 0 Å². The Bertz CT molecular complexity index is 1210. The molecule has 0 saturated heterocycles. The van der Waals surface area contributed by atoms with Crippen molar-refractivity contribution in [1.82, 2.24) is 9.97 Å². The van der Waals surface area contributed by atoms with Crippen LogP contribution in [0.2, 0.25) is 0 Å². The molecule has 0 aliphatic rings. The van der Waals surface area contributed by atoms with Crippen LogP contribution >= 0.6 is 15.9 Å². The number of pyridine rings is 2. The van der Waals surface area contributed by atoms with Crippen molar-refractivity contribution in [2.45, 2.75) is 6.92 Å². The number of hydrogen-bond acceptors (Lipinski definition) is 9. The molecule has 0 spiro atoms. The van der Waals surface area contributed by atoms with E-state index in [0.29, 0.717) is 54.8 Å². The van der Waals surface area contributed by atoms with Crippen LogP contribution in [-0.2, 0) is 9.47 Å². The summed E-state index contributed by atoms with van der Waals surface area (Å²) < 4.78 is 10.6. The number of aryl methyl sites for hydroxylation is 1. The molecule has 9 nitrogen and oxygen atoms in total. The van der Waals surface area contributed by atoms with E-state index in [1.54, 1.807) is 32.7 Å². The summed E-state index contributed by atoms with van der Waals surface area (Å²) in [4.78, 5) is 8.42. The van der Waals surface area contributed by atoms with Crippen LogP contribution in [0.5, 0.6) is 0 Å². The molecule has 0 fully saturated rings. The van der Waals surface area contributed by atoms with Crippen LogP contribution < -0.4 is 16.4 Å². The molecule has 0 bridgehead atoms. The normalized spacial score (nSPS) is 9.89. The lowest BCUT2D eigenvalue weighted by Crippen LogP contribution is -2.10. The Balaban J connectivity index is 0.000000269. The molecule has 0 aliphatic carbocycles. The quantitative estimate of drug-likeness (QED) is 0.268. The SMILES string of the molecule is COCCNc1ncc(-c2cc(N)ccc2C)cc1C#N.COCCNc1ncc(Br)cc1C#N. The third kappa shape index (κ3) is 8.54. The van der Waals surface area contributed by atoms with Gasteiger partial charge in [0.05, 0.1) is 24.3 Å². The summed E-state index contributed by atoms with van der Waals surface area (Å²) in [6.07, 6.45) is 3.40. The molecule has 0 unspecified atom stereocenters. The van der Waals surface area contributed by atoms with Gasteiger partial charge in [-0.05, 0) is 58.2 Å². The zero-order valence-corrected chi connectivity index (χ0v) is 21.5. The second-order valence-corrected chi connectivity index (χ2v) is 8.22. The maximum atomic E-state index is 9.28. The molecular formula is C25H28BrN7O2. The van der Waals surface area contributed by atoms with Crippen molar-refractivity contribution in [3.63, 3.8) is 0 Å². The van der Waals surface area contributed by atoms with E-state index in [9.17, 15) is 5.26 Å². The van der Waals surface area contributed by atoms with E-state index in [1.807, 2.05) is 31.2 Å². The fraction of sp³-hybridized carbons (Fsp3) is 0.280. The second kappa shape index (κ2) is 14.5. The van der Waals surface area contributed by atoms with E-state index >= 15 is 0 Å². The molecule has 0 atom stereocenters. The van der Waals surface area contributed by atoms with Crippen molar-refractivity contribution in [2.75, 3.05) is 56.9 Å². The van der Waals surface area contributed by atoms with Crippen LogP contribution in [0, 0.1) is 29.6 Å². The number of nitrogen functional groups attached to an aromatic ring is 1. The minimum Gasteiger partial charge on any atom is -0.399 e. The molecular weight excluding hydrogens is 510 g/mol. The molecule has 0 radical (unpaired) electrons. The number of hydrogen-bond donors (Lipinski definition) is 3. The van der Waals surface area contributed by atoms with Crippen LogP contribution in [0.15, 0.2) is 47.2 Å². The highest BCUT2D eigenvalue weighted by molar-refractivity contribution is 9.10. The Kier molecular flexibility index (Phi) is 11.4. The topological polar surface area (TPSA) is 142 Å². The summed E-state index contributed by atoms with van der Waals surface area (Å²) in [6, 6.07) is 13.5. The van der Waals surface area contributed by atoms with Crippen molar-refractivity contribution < 1.29 is 9.47 Å². The maximum absolute atomic E-state index is 9.28. The number of nitriles is 2. The van der Waals surface area contributed by atoms with Crippen molar-refractivity contribution in [2.24, 2.45) is 0 Å². The molecule has 10 heteroatoms. The molecule has 3 rings (SSSR count). The predicted octanol–water partition coefficient (Wildman–Crippen LogP) is 4.34. The number of nitrogens with one attached hydrogen (secondary N) is 2. The largest absolute Gasteiger partial charge is 0.399 e. The number of anilines is 3. The summed E-state index contributed by atoms with van der Waals surface area (Å²) in [5.41, 5.74) is 10.5. The Morgan fingerprint density at radius 1 is 0.914 bits per heavy atom. The van der Waals surface area contributed by atoms with Crippen LogP contribution in [-0.4, -0.2) is 50.5 Å². The molecule has 0 aliphatic heterocycles. The van der Waals surface area contributed by atoms with Crippen LogP contribution in [0.25, 0.3) is 11.1 Å². The third-order valence-corrected chi connectivity index (χ3v) is 5.19. The summed E-state index contributed by atoms with van der Waals surface area (Å²) in [7, 11) is 3.26. The lowest BCUT2D eigenvalue weighted by molar-refractivity contribution is 0.210. The number of nitrogens with two attached hydrogens (primary N) is 1. The summed E-state index contributed by atoms with van der Waals surface area (Å²) in [5, 5.41) is 24.2. The Morgan fingerprint density at radius 3 is 2.06 bits per heavy atom. The van der Waals surface area contributed by atoms with Gasteiger partial charge < -0.3 is 25.8 Å².